The first-order valence-electron chi connectivity index (χ1n) is 12.8. The summed E-state index contributed by atoms with van der Waals surface area (Å²) in [7, 11) is 5.48. The van der Waals surface area contributed by atoms with Crippen LogP contribution in [0.2, 0.25) is 0 Å². The van der Waals surface area contributed by atoms with Gasteiger partial charge < -0.3 is 24.6 Å². The van der Waals surface area contributed by atoms with Gasteiger partial charge in [0.15, 0.2) is 11.5 Å². The Kier molecular flexibility index (Phi) is 8.48. The molecule has 182 valence electrons. The normalized spacial score (nSPS) is 17.4. The highest BCUT2D eigenvalue weighted by Gasteiger charge is 2.22. The predicted octanol–water partition coefficient (Wildman–Crippen LogP) is 5.09. The number of hydrogen-bond acceptors (Lipinski definition) is 7. The molecule has 1 aliphatic carbocycles. The molecule has 7 nitrogen and oxygen atoms in total. The Morgan fingerprint density at radius 2 is 1.67 bits per heavy atom. The zero-order valence-corrected chi connectivity index (χ0v) is 20.7. The number of likely N-dealkylation sites (tertiary alicyclic amines) is 1. The molecule has 1 aliphatic heterocycles. The SMILES string of the molecule is COc1cc2nc(N(C)C3CCCCC3)nc(NCCCCCN3CCCC3)c2cc1OC. The lowest BCUT2D eigenvalue weighted by Gasteiger charge is -2.31. The van der Waals surface area contributed by atoms with Crippen molar-refractivity contribution in [2.45, 2.75) is 70.3 Å². The van der Waals surface area contributed by atoms with E-state index in [9.17, 15) is 0 Å². The molecule has 1 saturated carbocycles. The van der Waals surface area contributed by atoms with E-state index in [1.54, 1.807) is 14.2 Å². The number of aromatic nitrogens is 2. The summed E-state index contributed by atoms with van der Waals surface area (Å²) < 4.78 is 11.1. The molecule has 2 fully saturated rings. The minimum Gasteiger partial charge on any atom is -0.493 e. The van der Waals surface area contributed by atoms with Gasteiger partial charge in [-0.2, -0.15) is 4.98 Å². The van der Waals surface area contributed by atoms with Gasteiger partial charge in [-0.05, 0) is 64.2 Å². The van der Waals surface area contributed by atoms with Crippen LogP contribution in [0.15, 0.2) is 12.1 Å². The summed E-state index contributed by atoms with van der Waals surface area (Å²) in [4.78, 5) is 14.8. The second-order valence-electron chi connectivity index (χ2n) is 9.54. The van der Waals surface area contributed by atoms with Crippen LogP contribution in [0.5, 0.6) is 11.5 Å². The maximum atomic E-state index is 5.56. The Morgan fingerprint density at radius 1 is 0.939 bits per heavy atom. The van der Waals surface area contributed by atoms with Crippen molar-refractivity contribution < 1.29 is 9.47 Å². The van der Waals surface area contributed by atoms with E-state index >= 15 is 0 Å². The van der Waals surface area contributed by atoms with Crippen molar-refractivity contribution >= 4 is 22.7 Å². The highest BCUT2D eigenvalue weighted by Crippen LogP contribution is 2.35. The summed E-state index contributed by atoms with van der Waals surface area (Å²) >= 11 is 0. The molecule has 0 radical (unpaired) electrons. The largest absolute Gasteiger partial charge is 0.493 e. The van der Waals surface area contributed by atoms with Crippen LogP contribution in [0.4, 0.5) is 11.8 Å². The second-order valence-corrected chi connectivity index (χ2v) is 9.54. The van der Waals surface area contributed by atoms with Crippen molar-refractivity contribution in [1.82, 2.24) is 14.9 Å². The van der Waals surface area contributed by atoms with Gasteiger partial charge in [0, 0.05) is 31.1 Å². The number of methoxy groups -OCH3 is 2. The lowest BCUT2D eigenvalue weighted by Crippen LogP contribution is -2.34. The van der Waals surface area contributed by atoms with Crippen molar-refractivity contribution in [3.63, 3.8) is 0 Å². The van der Waals surface area contributed by atoms with E-state index in [1.165, 1.54) is 77.4 Å². The van der Waals surface area contributed by atoms with E-state index in [4.69, 9.17) is 19.4 Å². The van der Waals surface area contributed by atoms with Gasteiger partial charge in [-0.15, -0.1) is 0 Å². The monoisotopic (exact) mass is 455 g/mol. The number of anilines is 2. The molecule has 33 heavy (non-hydrogen) atoms. The third-order valence-corrected chi connectivity index (χ3v) is 7.27. The van der Waals surface area contributed by atoms with Crippen molar-refractivity contribution in [2.75, 3.05) is 57.7 Å². The Hall–Kier alpha value is -2.28. The predicted molar refractivity (Wildman–Crippen MR) is 136 cm³/mol. The summed E-state index contributed by atoms with van der Waals surface area (Å²) in [5.74, 6) is 3.08. The highest BCUT2D eigenvalue weighted by molar-refractivity contribution is 5.92. The van der Waals surface area contributed by atoms with Crippen molar-refractivity contribution in [3.05, 3.63) is 12.1 Å². The van der Waals surface area contributed by atoms with Gasteiger partial charge in [0.25, 0.3) is 0 Å². The molecule has 1 aromatic heterocycles. The summed E-state index contributed by atoms with van der Waals surface area (Å²) in [5.41, 5.74) is 0.886. The van der Waals surface area contributed by atoms with Gasteiger partial charge in [-0.1, -0.05) is 25.7 Å². The zero-order chi connectivity index (χ0) is 23.0. The lowest BCUT2D eigenvalue weighted by atomic mass is 9.95. The van der Waals surface area contributed by atoms with E-state index < -0.39 is 0 Å². The number of unbranched alkanes of at least 4 members (excludes halogenated alkanes) is 2. The molecule has 0 atom stereocenters. The van der Waals surface area contributed by atoms with Crippen LogP contribution in [0, 0.1) is 0 Å². The molecular formula is C26H41N5O2. The van der Waals surface area contributed by atoms with Gasteiger partial charge >= 0.3 is 0 Å². The first kappa shape index (κ1) is 23.9. The van der Waals surface area contributed by atoms with Crippen LogP contribution in [0.3, 0.4) is 0 Å². The molecular weight excluding hydrogens is 414 g/mol. The number of fused-ring (bicyclic) bond motifs is 1. The molecule has 0 bridgehead atoms. The molecule has 7 heteroatoms. The molecule has 2 aromatic rings. The van der Waals surface area contributed by atoms with Crippen LogP contribution in [0.25, 0.3) is 10.9 Å². The van der Waals surface area contributed by atoms with Gasteiger partial charge in [0.1, 0.15) is 5.82 Å². The van der Waals surface area contributed by atoms with Crippen LogP contribution in [-0.4, -0.2) is 68.4 Å². The van der Waals surface area contributed by atoms with Gasteiger partial charge in [0.05, 0.1) is 19.7 Å². The summed E-state index contributed by atoms with van der Waals surface area (Å²) in [6, 6.07) is 4.47. The first-order valence-corrected chi connectivity index (χ1v) is 12.8. The van der Waals surface area contributed by atoms with E-state index in [1.807, 2.05) is 12.1 Å². The topological polar surface area (TPSA) is 62.8 Å². The molecule has 0 unspecified atom stereocenters. The van der Waals surface area contributed by atoms with E-state index in [-0.39, 0.29) is 0 Å². The number of nitrogens with zero attached hydrogens (tertiary/aromatic N) is 4. The summed E-state index contributed by atoms with van der Waals surface area (Å²) in [6.45, 7) is 4.72. The molecule has 2 heterocycles. The molecule has 0 amide bonds. The number of rotatable bonds is 11. The molecule has 0 spiro atoms. The van der Waals surface area contributed by atoms with E-state index in [2.05, 4.69) is 22.2 Å². The third-order valence-electron chi connectivity index (χ3n) is 7.27. The molecule has 1 N–H and O–H groups in total. The van der Waals surface area contributed by atoms with Crippen LogP contribution >= 0.6 is 0 Å². The summed E-state index contributed by atoms with van der Waals surface area (Å²) in [6.07, 6.45) is 12.7. The van der Waals surface area contributed by atoms with Crippen molar-refractivity contribution in [3.8, 4) is 11.5 Å². The molecule has 2 aliphatic rings. The minimum atomic E-state index is 0.509. The lowest BCUT2D eigenvalue weighted by molar-refractivity contribution is 0.329. The van der Waals surface area contributed by atoms with Crippen molar-refractivity contribution in [1.29, 1.82) is 0 Å². The maximum Gasteiger partial charge on any atom is 0.227 e. The van der Waals surface area contributed by atoms with Gasteiger partial charge in [-0.25, -0.2) is 4.98 Å². The Labute approximate surface area is 198 Å². The Morgan fingerprint density at radius 3 is 2.39 bits per heavy atom. The van der Waals surface area contributed by atoms with Crippen molar-refractivity contribution in [2.24, 2.45) is 0 Å². The third kappa shape index (κ3) is 5.99. The van der Waals surface area contributed by atoms with Gasteiger partial charge in [0.2, 0.25) is 5.95 Å². The standard InChI is InChI=1S/C26H41N5O2/c1-30(20-12-6-4-7-13-20)26-28-22-19-24(33-3)23(32-2)18-21(22)25(29-26)27-14-8-5-9-15-31-16-10-11-17-31/h18-20H,4-17H2,1-3H3,(H,27,28,29). The fourth-order valence-corrected chi connectivity index (χ4v) is 5.22. The molecule has 4 rings (SSSR count). The first-order chi connectivity index (χ1) is 16.2. The van der Waals surface area contributed by atoms with Crippen LogP contribution < -0.4 is 19.7 Å². The molecule has 1 saturated heterocycles. The fourth-order valence-electron chi connectivity index (χ4n) is 5.22. The van der Waals surface area contributed by atoms with Crippen LogP contribution in [-0.2, 0) is 0 Å². The van der Waals surface area contributed by atoms with E-state index in [0.717, 1.165) is 35.6 Å². The van der Waals surface area contributed by atoms with Gasteiger partial charge in [-0.3, -0.25) is 0 Å². The quantitative estimate of drug-likeness (QED) is 0.473. The zero-order valence-electron chi connectivity index (χ0n) is 20.7. The summed E-state index contributed by atoms with van der Waals surface area (Å²) in [5, 5.41) is 4.59. The Balaban J connectivity index is 1.48. The number of benzene rings is 1. The second kappa shape index (κ2) is 11.7. The molecule has 1 aromatic carbocycles. The minimum absolute atomic E-state index is 0.509. The Bertz CT molecular complexity index is 894. The maximum absolute atomic E-state index is 5.56. The number of ether oxygens (including phenoxy) is 2. The smallest absolute Gasteiger partial charge is 0.227 e. The average Bonchev–Trinajstić information content (AvgIpc) is 3.38. The van der Waals surface area contributed by atoms with Crippen LogP contribution in [0.1, 0.15) is 64.2 Å². The number of hydrogen-bond donors (Lipinski definition) is 1. The fraction of sp³-hybridized carbons (Fsp3) is 0.692. The highest BCUT2D eigenvalue weighted by atomic mass is 16.5. The van der Waals surface area contributed by atoms with E-state index in [0.29, 0.717) is 17.5 Å². The number of nitrogens with one attached hydrogen (secondary N) is 1. The average molecular weight is 456 g/mol.